The Kier molecular flexibility index (Phi) is 15.2. The molecule has 9 heterocycles. The molecule has 23 heteroatoms. The third kappa shape index (κ3) is 10.8. The summed E-state index contributed by atoms with van der Waals surface area (Å²) in [6, 6.07) is 22.9. The SMILES string of the molecule is C.CNc1cccc(Cn2ncc3c4sc(C)nc4n(C)c3c2=O)c1.Cc1nc2c(s1)c1cnn(Cc3cccc(N(C)C(=O)OC(C)(C)C)c3)c(=O)c1n2C.Cc1nc2c(s1)c1cnn(Cc3cccc(N)c3)c(=O)c1n2C. The number of nitrogen functional groups attached to an aromatic ring is 1. The first-order chi connectivity index (χ1) is 37.2. The van der Waals surface area contributed by atoms with Crippen molar-refractivity contribution in [1.82, 2.24) is 58.0 Å². The number of hydrogen-bond donors (Lipinski definition) is 2. The molecule has 0 radical (unpaired) electrons. The monoisotopic (exact) mass is 1120 g/mol. The van der Waals surface area contributed by atoms with Crippen LogP contribution in [0.1, 0.15) is 59.9 Å². The van der Waals surface area contributed by atoms with E-state index in [-0.39, 0.29) is 30.6 Å². The molecule has 0 fully saturated rings. The Morgan fingerprint density at radius 2 is 0.987 bits per heavy atom. The smallest absolute Gasteiger partial charge is 0.414 e. The highest BCUT2D eigenvalue weighted by Gasteiger charge is 2.23. The van der Waals surface area contributed by atoms with Crippen molar-refractivity contribution < 1.29 is 9.53 Å². The number of benzene rings is 3. The van der Waals surface area contributed by atoms with Crippen molar-refractivity contribution in [2.24, 2.45) is 21.1 Å². The standard InChI is InChI=1S/C22H25N5O3S.C17H17N5OS.C16H15N5OS.CH4/c1-13-24-19-18(31-13)16-11-23-27(20(28)17(16)26(19)6)12-14-8-7-9-15(10-14)25(5)21(29)30-22(2,3)4;1-10-20-16-15(24-10)13-8-19-22(17(23)14(13)21(16)3)9-11-5-4-6-12(7-11)18-2;1-9-19-15-14(23-9)12-7-18-21(16(22)13(12)20(15)2)8-10-4-3-5-11(17)6-10;/h7-11H,12H2,1-6H3;4-8,18H,9H2,1-3H3;3-7H,8,17H2,1-2H3;1H4. The van der Waals surface area contributed by atoms with Gasteiger partial charge in [0.2, 0.25) is 0 Å². The van der Waals surface area contributed by atoms with E-state index in [9.17, 15) is 19.2 Å². The van der Waals surface area contributed by atoms with Crippen LogP contribution in [0.2, 0.25) is 0 Å². The lowest BCUT2D eigenvalue weighted by molar-refractivity contribution is 0.0589. The number of amides is 1. The van der Waals surface area contributed by atoms with Gasteiger partial charge in [0.25, 0.3) is 16.7 Å². The molecule has 0 aliphatic carbocycles. The number of carbonyl (C=O) groups excluding carboxylic acids is 1. The Morgan fingerprint density at radius 1 is 0.608 bits per heavy atom. The van der Waals surface area contributed by atoms with E-state index >= 15 is 0 Å². The molecule has 0 spiro atoms. The minimum atomic E-state index is -0.578. The van der Waals surface area contributed by atoms with Gasteiger partial charge in [0, 0.05) is 68.5 Å². The molecule has 12 aromatic rings. The van der Waals surface area contributed by atoms with Crippen LogP contribution in [0.25, 0.3) is 63.8 Å². The van der Waals surface area contributed by atoms with Crippen molar-refractivity contribution in [2.45, 2.75) is 74.2 Å². The molecule has 79 heavy (non-hydrogen) atoms. The number of fused-ring (bicyclic) bond motifs is 9. The Balaban J connectivity index is 0.000000145. The zero-order valence-corrected chi connectivity index (χ0v) is 47.4. The number of nitrogens with two attached hydrogens (primary N) is 1. The van der Waals surface area contributed by atoms with Crippen LogP contribution in [0.3, 0.4) is 0 Å². The summed E-state index contributed by atoms with van der Waals surface area (Å²) in [5, 5.41) is 21.7. The number of rotatable bonds is 8. The summed E-state index contributed by atoms with van der Waals surface area (Å²) in [6.45, 7) is 12.5. The maximum absolute atomic E-state index is 13.2. The van der Waals surface area contributed by atoms with Gasteiger partial charge in [-0.3, -0.25) is 19.3 Å². The zero-order valence-electron chi connectivity index (χ0n) is 44.9. The number of nitrogens with one attached hydrogen (secondary N) is 1. The minimum absolute atomic E-state index is 0. The average molecular weight is 1120 g/mol. The van der Waals surface area contributed by atoms with Crippen LogP contribution >= 0.6 is 34.0 Å². The first kappa shape index (κ1) is 55.2. The normalized spacial score (nSPS) is 11.5. The van der Waals surface area contributed by atoms with Crippen LogP contribution in [0, 0.1) is 20.8 Å². The highest BCUT2D eigenvalue weighted by atomic mass is 32.1. The second kappa shape index (κ2) is 21.7. The van der Waals surface area contributed by atoms with E-state index in [1.165, 1.54) is 18.9 Å². The Labute approximate surface area is 465 Å². The molecule has 9 aromatic heterocycles. The van der Waals surface area contributed by atoms with Gasteiger partial charge in [-0.05, 0) is 94.6 Å². The number of aryl methyl sites for hydroxylation is 6. The first-order valence-corrected chi connectivity index (χ1v) is 27.2. The summed E-state index contributed by atoms with van der Waals surface area (Å²) >= 11 is 4.75. The van der Waals surface area contributed by atoms with Gasteiger partial charge in [0.15, 0.2) is 16.9 Å². The maximum Gasteiger partial charge on any atom is 0.414 e. The van der Waals surface area contributed by atoms with Crippen LogP contribution in [-0.2, 0) is 45.5 Å². The molecule has 20 nitrogen and oxygen atoms in total. The second-order valence-electron chi connectivity index (χ2n) is 19.8. The molecule has 12 rings (SSSR count). The molecule has 0 atom stereocenters. The van der Waals surface area contributed by atoms with Crippen molar-refractivity contribution in [3.8, 4) is 0 Å². The second-order valence-corrected chi connectivity index (χ2v) is 23.5. The van der Waals surface area contributed by atoms with Gasteiger partial charge in [-0.1, -0.05) is 43.8 Å². The Morgan fingerprint density at radius 3 is 1.38 bits per heavy atom. The summed E-state index contributed by atoms with van der Waals surface area (Å²) in [7, 11) is 9.15. The number of ether oxygens (including phenoxy) is 1. The van der Waals surface area contributed by atoms with Crippen molar-refractivity contribution >= 4 is 121 Å². The van der Waals surface area contributed by atoms with Gasteiger partial charge in [0.1, 0.15) is 22.2 Å². The lowest BCUT2D eigenvalue weighted by atomic mass is 10.2. The molecule has 0 aliphatic heterocycles. The number of nitrogens with zero attached hydrogens (tertiary/aromatic N) is 13. The van der Waals surface area contributed by atoms with Gasteiger partial charge in [-0.25, -0.2) is 33.8 Å². The largest absolute Gasteiger partial charge is 0.443 e. The molecule has 1 amide bonds. The van der Waals surface area contributed by atoms with Gasteiger partial charge in [-0.2, -0.15) is 15.3 Å². The topological polar surface area (TPSA) is 226 Å². The summed E-state index contributed by atoms with van der Waals surface area (Å²) in [5.74, 6) is 0. The predicted molar refractivity (Wildman–Crippen MR) is 321 cm³/mol. The summed E-state index contributed by atoms with van der Waals surface area (Å²) < 4.78 is 18.4. The zero-order chi connectivity index (χ0) is 55.5. The van der Waals surface area contributed by atoms with Crippen LogP contribution in [-0.4, -0.2) is 83.8 Å². The summed E-state index contributed by atoms with van der Waals surface area (Å²) in [5.41, 5.74) is 14.4. The number of aromatic nitrogens is 12. The molecule has 3 aromatic carbocycles. The molecular formula is C56H61N15O5S3. The van der Waals surface area contributed by atoms with Gasteiger partial charge in [-0.15, -0.1) is 34.0 Å². The molecule has 0 aliphatic rings. The van der Waals surface area contributed by atoms with E-state index in [1.807, 2.05) is 156 Å². The molecule has 0 unspecified atom stereocenters. The van der Waals surface area contributed by atoms with E-state index in [1.54, 1.807) is 59.6 Å². The van der Waals surface area contributed by atoms with Gasteiger partial charge in [0.05, 0.1) is 67.3 Å². The molecule has 0 saturated heterocycles. The van der Waals surface area contributed by atoms with Gasteiger partial charge < -0.3 is 29.5 Å². The Hall–Kier alpha value is -8.54. The van der Waals surface area contributed by atoms with Crippen molar-refractivity contribution in [3.63, 3.8) is 0 Å². The molecule has 3 N–H and O–H groups in total. The van der Waals surface area contributed by atoms with E-state index in [0.29, 0.717) is 41.0 Å². The minimum Gasteiger partial charge on any atom is -0.443 e. The number of hydrogen-bond acceptors (Lipinski definition) is 16. The van der Waals surface area contributed by atoms with Crippen molar-refractivity contribution in [2.75, 3.05) is 30.0 Å². The summed E-state index contributed by atoms with van der Waals surface area (Å²) in [6.07, 6.45) is 4.82. The van der Waals surface area contributed by atoms with E-state index in [4.69, 9.17) is 10.5 Å². The number of carbonyl (C=O) groups is 1. The number of thiazole rings is 3. The van der Waals surface area contributed by atoms with Crippen molar-refractivity contribution in [3.05, 3.63) is 154 Å². The fourth-order valence-electron chi connectivity index (χ4n) is 9.35. The highest BCUT2D eigenvalue weighted by Crippen LogP contribution is 2.33. The highest BCUT2D eigenvalue weighted by molar-refractivity contribution is 7.20. The molecule has 0 bridgehead atoms. The van der Waals surface area contributed by atoms with Crippen LogP contribution in [0.5, 0.6) is 0 Å². The maximum atomic E-state index is 13.2. The van der Waals surface area contributed by atoms with Crippen LogP contribution < -0.4 is 32.6 Å². The fourth-order valence-corrected chi connectivity index (χ4v) is 12.2. The van der Waals surface area contributed by atoms with Crippen LogP contribution in [0.4, 0.5) is 21.9 Å². The third-order valence-corrected chi connectivity index (χ3v) is 16.0. The first-order valence-electron chi connectivity index (χ1n) is 24.8. The van der Waals surface area contributed by atoms with Crippen LogP contribution in [0.15, 0.2) is 106 Å². The summed E-state index contributed by atoms with van der Waals surface area (Å²) in [4.78, 5) is 66.3. The lowest BCUT2D eigenvalue weighted by Gasteiger charge is -2.25. The third-order valence-electron chi connectivity index (χ3n) is 13.0. The van der Waals surface area contributed by atoms with E-state index in [0.717, 1.165) is 84.6 Å². The quantitative estimate of drug-likeness (QED) is 0.135. The Bertz CT molecular complexity index is 4490. The predicted octanol–water partition coefficient (Wildman–Crippen LogP) is 9.74. The van der Waals surface area contributed by atoms with E-state index < -0.39 is 11.7 Å². The van der Waals surface area contributed by atoms with E-state index in [2.05, 4.69) is 35.6 Å². The van der Waals surface area contributed by atoms with Crippen molar-refractivity contribution in [1.29, 1.82) is 0 Å². The molecule has 0 saturated carbocycles. The molecular weight excluding hydrogens is 1060 g/mol. The number of anilines is 3. The fraction of sp³-hybridized carbons (Fsp3) is 0.286. The van der Waals surface area contributed by atoms with Gasteiger partial charge >= 0.3 is 6.09 Å². The average Bonchev–Trinajstić information content (AvgIpc) is 4.44. The lowest BCUT2D eigenvalue weighted by Crippen LogP contribution is -2.34. The molecule has 408 valence electrons.